The van der Waals surface area contributed by atoms with Gasteiger partial charge in [-0.25, -0.2) is 14.4 Å². The van der Waals surface area contributed by atoms with Crippen LogP contribution in [-0.2, 0) is 16.1 Å². The van der Waals surface area contributed by atoms with Gasteiger partial charge in [-0.3, -0.25) is 14.7 Å². The molecule has 0 aliphatic rings. The van der Waals surface area contributed by atoms with Crippen LogP contribution >= 0.6 is 0 Å². The van der Waals surface area contributed by atoms with Crippen LogP contribution < -0.4 is 11.1 Å². The van der Waals surface area contributed by atoms with Gasteiger partial charge in [-0.2, -0.15) is 0 Å². The average molecular weight is 469 g/mol. The summed E-state index contributed by atoms with van der Waals surface area (Å²) in [4.78, 5) is 52.6. The van der Waals surface area contributed by atoms with E-state index in [1.807, 2.05) is 30.3 Å². The zero-order valence-corrected chi connectivity index (χ0v) is 19.3. The number of oxazole rings is 1. The van der Waals surface area contributed by atoms with Gasteiger partial charge in [-0.05, 0) is 44.5 Å². The zero-order chi connectivity index (χ0) is 24.7. The summed E-state index contributed by atoms with van der Waals surface area (Å²) in [5.74, 6) is -1.02. The Labute approximate surface area is 195 Å². The highest BCUT2D eigenvalue weighted by Crippen LogP contribution is 2.14. The van der Waals surface area contributed by atoms with Crippen molar-refractivity contribution in [1.82, 2.24) is 15.2 Å². The Hall–Kier alpha value is -4.08. The molecular formula is C24H27N3O7. The minimum absolute atomic E-state index is 0.0140. The van der Waals surface area contributed by atoms with Gasteiger partial charge < -0.3 is 19.2 Å². The minimum atomic E-state index is -0.711. The highest BCUT2D eigenvalue weighted by molar-refractivity contribution is 6.01. The fraction of sp³-hybridized carbons (Fsp3) is 0.333. The molecule has 0 saturated heterocycles. The number of carbonyl (C=O) groups excluding carboxylic acids is 3. The third-order valence-corrected chi connectivity index (χ3v) is 4.59. The Morgan fingerprint density at radius 1 is 1.09 bits per heavy atom. The van der Waals surface area contributed by atoms with Gasteiger partial charge in [0, 0.05) is 18.7 Å². The summed E-state index contributed by atoms with van der Waals surface area (Å²) in [6.45, 7) is 5.01. The molecular weight excluding hydrogens is 442 g/mol. The normalized spacial score (nSPS) is 11.1. The maximum absolute atomic E-state index is 12.9. The first-order chi connectivity index (χ1) is 16.1. The van der Waals surface area contributed by atoms with Crippen LogP contribution in [0.1, 0.15) is 36.7 Å². The maximum Gasteiger partial charge on any atom is 0.417 e. The summed E-state index contributed by atoms with van der Waals surface area (Å²) in [5.41, 5.74) is 1.08. The number of alkyl carbamates (subject to hydrolysis) is 1. The van der Waals surface area contributed by atoms with Crippen LogP contribution in [0.5, 0.6) is 0 Å². The number of Topliss-reactive ketones (excluding diaryl/α,β-unsaturated/α-hetero) is 1. The van der Waals surface area contributed by atoms with Crippen molar-refractivity contribution in [3.63, 3.8) is 0 Å². The molecule has 0 bridgehead atoms. The predicted molar refractivity (Wildman–Crippen MR) is 124 cm³/mol. The van der Waals surface area contributed by atoms with E-state index in [4.69, 9.17) is 13.9 Å². The largest absolute Gasteiger partial charge is 0.445 e. The van der Waals surface area contributed by atoms with Crippen molar-refractivity contribution in [2.45, 2.75) is 33.0 Å². The summed E-state index contributed by atoms with van der Waals surface area (Å²) < 4.78 is 15.6. The molecule has 34 heavy (non-hydrogen) atoms. The monoisotopic (exact) mass is 469 g/mol. The van der Waals surface area contributed by atoms with Crippen molar-refractivity contribution in [3.8, 4) is 0 Å². The molecule has 0 aliphatic heterocycles. The molecule has 3 aromatic rings. The number of amides is 2. The number of benzene rings is 2. The predicted octanol–water partition coefficient (Wildman–Crippen LogP) is 3.47. The second kappa shape index (κ2) is 10.7. The molecule has 1 aromatic heterocycles. The molecule has 0 spiro atoms. The molecule has 2 N–H and O–H groups in total. The van der Waals surface area contributed by atoms with Gasteiger partial charge in [-0.15, -0.1) is 0 Å². The lowest BCUT2D eigenvalue weighted by atomic mass is 10.1. The molecule has 0 radical (unpaired) electrons. The van der Waals surface area contributed by atoms with Gasteiger partial charge in [0.1, 0.15) is 12.2 Å². The van der Waals surface area contributed by atoms with Crippen molar-refractivity contribution in [2.24, 2.45) is 0 Å². The number of aromatic amines is 1. The van der Waals surface area contributed by atoms with E-state index in [1.54, 1.807) is 26.8 Å². The first-order valence-electron chi connectivity index (χ1n) is 10.7. The Bertz CT molecular complexity index is 1210. The van der Waals surface area contributed by atoms with Crippen molar-refractivity contribution in [1.29, 1.82) is 0 Å². The topological polar surface area (TPSA) is 131 Å². The van der Waals surface area contributed by atoms with Crippen molar-refractivity contribution < 1.29 is 28.3 Å². The first kappa shape index (κ1) is 24.6. The third-order valence-electron chi connectivity index (χ3n) is 4.59. The molecule has 0 saturated carbocycles. The number of rotatable bonds is 8. The van der Waals surface area contributed by atoms with Gasteiger partial charge in [-0.1, -0.05) is 30.3 Å². The minimum Gasteiger partial charge on any atom is -0.445 e. The fourth-order valence-corrected chi connectivity index (χ4v) is 3.04. The lowest BCUT2D eigenvalue weighted by molar-refractivity contribution is 0.0515. The van der Waals surface area contributed by atoms with Gasteiger partial charge in [0.2, 0.25) is 0 Å². The number of fused-ring (bicyclic) bond motifs is 1. The number of nitrogens with zero attached hydrogens (tertiary/aromatic N) is 1. The number of aromatic nitrogens is 1. The Kier molecular flexibility index (Phi) is 7.72. The highest BCUT2D eigenvalue weighted by atomic mass is 16.6. The van der Waals surface area contributed by atoms with E-state index in [9.17, 15) is 19.2 Å². The second-order valence-electron chi connectivity index (χ2n) is 8.54. The Morgan fingerprint density at radius 2 is 1.82 bits per heavy atom. The number of hydrogen-bond acceptors (Lipinski definition) is 7. The van der Waals surface area contributed by atoms with E-state index in [-0.39, 0.29) is 43.2 Å². The molecule has 1 heterocycles. The van der Waals surface area contributed by atoms with Crippen molar-refractivity contribution >= 4 is 29.1 Å². The van der Waals surface area contributed by atoms with Crippen LogP contribution in [0.3, 0.4) is 0 Å². The van der Waals surface area contributed by atoms with E-state index < -0.39 is 23.5 Å². The molecule has 0 fully saturated rings. The van der Waals surface area contributed by atoms with E-state index in [0.717, 1.165) is 5.56 Å². The molecule has 0 unspecified atom stereocenters. The van der Waals surface area contributed by atoms with Crippen LogP contribution in [-0.4, -0.2) is 53.1 Å². The quantitative estimate of drug-likeness (QED) is 0.483. The van der Waals surface area contributed by atoms with Crippen LogP contribution in [0.2, 0.25) is 0 Å². The lowest BCUT2D eigenvalue weighted by Crippen LogP contribution is -2.42. The third kappa shape index (κ3) is 7.22. The zero-order valence-electron chi connectivity index (χ0n) is 19.3. The van der Waals surface area contributed by atoms with Gasteiger partial charge in [0.25, 0.3) is 0 Å². The second-order valence-corrected chi connectivity index (χ2v) is 8.54. The molecule has 180 valence electrons. The molecule has 2 aromatic carbocycles. The Balaban J connectivity index is 1.67. The van der Waals surface area contributed by atoms with E-state index in [2.05, 4.69) is 10.3 Å². The molecule has 10 nitrogen and oxygen atoms in total. The summed E-state index contributed by atoms with van der Waals surface area (Å²) in [6, 6.07) is 13.6. The summed E-state index contributed by atoms with van der Waals surface area (Å²) in [6.07, 6.45) is -1.35. The Morgan fingerprint density at radius 3 is 2.53 bits per heavy atom. The molecule has 0 atom stereocenters. The van der Waals surface area contributed by atoms with Gasteiger partial charge in [0.15, 0.2) is 11.4 Å². The van der Waals surface area contributed by atoms with Crippen LogP contribution in [0.25, 0.3) is 11.1 Å². The smallest absolute Gasteiger partial charge is 0.417 e. The number of nitrogens with one attached hydrogen (secondary N) is 2. The van der Waals surface area contributed by atoms with E-state index >= 15 is 0 Å². The van der Waals surface area contributed by atoms with Crippen LogP contribution in [0, 0.1) is 0 Å². The SMILES string of the molecule is CC(C)(C)OC(=O)NCCN(CC(=O)c1ccc2[nH]c(=O)oc2c1)C(=O)OCc1ccccc1. The lowest BCUT2D eigenvalue weighted by Gasteiger charge is -2.23. The molecule has 0 aliphatic carbocycles. The average Bonchev–Trinajstić information content (AvgIpc) is 3.15. The van der Waals surface area contributed by atoms with Gasteiger partial charge >= 0.3 is 17.9 Å². The number of ether oxygens (including phenoxy) is 2. The molecule has 3 rings (SSSR count). The number of carbonyl (C=O) groups is 3. The highest BCUT2D eigenvalue weighted by Gasteiger charge is 2.21. The van der Waals surface area contributed by atoms with Crippen molar-refractivity contribution in [2.75, 3.05) is 19.6 Å². The van der Waals surface area contributed by atoms with Gasteiger partial charge in [0.05, 0.1) is 12.1 Å². The summed E-state index contributed by atoms with van der Waals surface area (Å²) >= 11 is 0. The fourth-order valence-electron chi connectivity index (χ4n) is 3.04. The summed E-state index contributed by atoms with van der Waals surface area (Å²) in [7, 11) is 0. The van der Waals surface area contributed by atoms with Crippen molar-refractivity contribution in [3.05, 3.63) is 70.2 Å². The molecule has 10 heteroatoms. The standard InChI is InChI=1S/C24H27N3O7/c1-24(2,3)34-21(29)25-11-12-27(23(31)32-15-16-7-5-4-6-8-16)14-19(28)17-9-10-18-20(13-17)33-22(30)26-18/h4-10,13H,11-12,14-15H2,1-3H3,(H,25,29)(H,26,30). The van der Waals surface area contributed by atoms with E-state index in [1.165, 1.54) is 17.0 Å². The number of hydrogen-bond donors (Lipinski definition) is 2. The van der Waals surface area contributed by atoms with Crippen LogP contribution in [0.4, 0.5) is 9.59 Å². The first-order valence-corrected chi connectivity index (χ1v) is 10.7. The summed E-state index contributed by atoms with van der Waals surface area (Å²) in [5, 5.41) is 2.56. The number of ketones is 1. The maximum atomic E-state index is 12.9. The molecule has 2 amide bonds. The number of H-pyrrole nitrogens is 1. The van der Waals surface area contributed by atoms with E-state index in [0.29, 0.717) is 5.52 Å². The van der Waals surface area contributed by atoms with Crippen LogP contribution in [0.15, 0.2) is 57.7 Å².